The molecule has 0 spiro atoms. The maximum Gasteiger partial charge on any atom is 0.228 e. The number of rotatable bonds is 5. The van der Waals surface area contributed by atoms with Gasteiger partial charge in [-0.15, -0.1) is 0 Å². The maximum absolute atomic E-state index is 12.7. The molecule has 0 aliphatic carbocycles. The number of furan rings is 1. The van der Waals surface area contributed by atoms with Crippen LogP contribution in [0.3, 0.4) is 0 Å². The molecular formula is C22H25NO2. The first kappa shape index (κ1) is 17.3. The van der Waals surface area contributed by atoms with Gasteiger partial charge in [0.2, 0.25) is 5.91 Å². The van der Waals surface area contributed by atoms with Gasteiger partial charge in [-0.1, -0.05) is 44.2 Å². The van der Waals surface area contributed by atoms with Gasteiger partial charge in [-0.2, -0.15) is 0 Å². The Morgan fingerprint density at radius 2 is 1.68 bits per heavy atom. The highest BCUT2D eigenvalue weighted by atomic mass is 16.3. The molecule has 3 aromatic rings. The fraction of sp³-hybridized carbons (Fsp3) is 0.318. The van der Waals surface area contributed by atoms with Gasteiger partial charge in [0.1, 0.15) is 5.58 Å². The van der Waals surface area contributed by atoms with Crippen LogP contribution in [0.15, 0.2) is 41.0 Å². The molecule has 1 amide bonds. The second-order valence-electron chi connectivity index (χ2n) is 6.53. The molecule has 3 nitrogen and oxygen atoms in total. The number of hydrogen-bond acceptors (Lipinski definition) is 2. The molecule has 1 N–H and O–H groups in total. The summed E-state index contributed by atoms with van der Waals surface area (Å²) in [6.45, 7) is 8.34. The van der Waals surface area contributed by atoms with Gasteiger partial charge in [0.05, 0.1) is 12.7 Å². The van der Waals surface area contributed by atoms with Crippen LogP contribution < -0.4 is 5.32 Å². The summed E-state index contributed by atoms with van der Waals surface area (Å²) >= 11 is 0. The topological polar surface area (TPSA) is 42.2 Å². The minimum absolute atomic E-state index is 0.00321. The van der Waals surface area contributed by atoms with Crippen molar-refractivity contribution >= 4 is 22.6 Å². The summed E-state index contributed by atoms with van der Waals surface area (Å²) in [5, 5.41) is 4.16. The van der Waals surface area contributed by atoms with Gasteiger partial charge >= 0.3 is 0 Å². The van der Waals surface area contributed by atoms with E-state index in [1.165, 1.54) is 16.7 Å². The van der Waals surface area contributed by atoms with Crippen molar-refractivity contribution in [2.24, 2.45) is 0 Å². The Hall–Kier alpha value is -2.55. The van der Waals surface area contributed by atoms with E-state index in [1.807, 2.05) is 6.07 Å². The van der Waals surface area contributed by atoms with E-state index in [2.05, 4.69) is 57.3 Å². The molecule has 25 heavy (non-hydrogen) atoms. The van der Waals surface area contributed by atoms with Crippen LogP contribution in [0.5, 0.6) is 0 Å². The fourth-order valence-electron chi connectivity index (χ4n) is 3.28. The first-order valence-electron chi connectivity index (χ1n) is 8.92. The van der Waals surface area contributed by atoms with Gasteiger partial charge < -0.3 is 9.73 Å². The highest BCUT2D eigenvalue weighted by Crippen LogP contribution is 2.28. The van der Waals surface area contributed by atoms with E-state index in [-0.39, 0.29) is 5.91 Å². The van der Waals surface area contributed by atoms with E-state index in [0.29, 0.717) is 6.42 Å². The summed E-state index contributed by atoms with van der Waals surface area (Å²) in [6.07, 6.45) is 3.83. The Morgan fingerprint density at radius 3 is 2.32 bits per heavy atom. The van der Waals surface area contributed by atoms with Crippen LogP contribution in [0.2, 0.25) is 0 Å². The normalized spacial score (nSPS) is 11.0. The SMILES string of the molecule is CCc1cccc(CC)c1NC(=O)Cc1coc2c(C)c(C)ccc12. The molecule has 3 rings (SSSR count). The summed E-state index contributed by atoms with van der Waals surface area (Å²) in [6, 6.07) is 10.3. The van der Waals surface area contributed by atoms with Crippen LogP contribution in [0.25, 0.3) is 11.0 Å². The number of amides is 1. The van der Waals surface area contributed by atoms with Crippen molar-refractivity contribution in [1.82, 2.24) is 0 Å². The third-order valence-corrected chi connectivity index (χ3v) is 4.96. The molecule has 0 aliphatic rings. The number of anilines is 1. The van der Waals surface area contributed by atoms with E-state index in [1.54, 1.807) is 6.26 Å². The van der Waals surface area contributed by atoms with Gasteiger partial charge in [0.15, 0.2) is 0 Å². The van der Waals surface area contributed by atoms with Gasteiger partial charge in [-0.25, -0.2) is 0 Å². The van der Waals surface area contributed by atoms with Gasteiger partial charge in [0.25, 0.3) is 0 Å². The molecule has 1 heterocycles. The second kappa shape index (κ2) is 7.14. The number of carbonyl (C=O) groups excluding carboxylic acids is 1. The highest BCUT2D eigenvalue weighted by molar-refractivity contribution is 5.97. The van der Waals surface area contributed by atoms with Crippen LogP contribution in [0, 0.1) is 13.8 Å². The van der Waals surface area contributed by atoms with Crippen molar-refractivity contribution in [2.75, 3.05) is 5.32 Å². The Kier molecular flexibility index (Phi) is 4.93. The van der Waals surface area contributed by atoms with E-state index >= 15 is 0 Å². The monoisotopic (exact) mass is 335 g/mol. The molecule has 0 atom stereocenters. The minimum atomic E-state index is -0.00321. The molecule has 3 heteroatoms. The lowest BCUT2D eigenvalue weighted by Crippen LogP contribution is -2.16. The van der Waals surface area contributed by atoms with Crippen molar-refractivity contribution in [3.8, 4) is 0 Å². The third-order valence-electron chi connectivity index (χ3n) is 4.96. The zero-order valence-corrected chi connectivity index (χ0v) is 15.4. The van der Waals surface area contributed by atoms with E-state index in [0.717, 1.165) is 40.6 Å². The summed E-state index contributed by atoms with van der Waals surface area (Å²) in [4.78, 5) is 12.7. The zero-order chi connectivity index (χ0) is 18.0. The van der Waals surface area contributed by atoms with Gasteiger partial charge in [-0.05, 0) is 48.9 Å². The average molecular weight is 335 g/mol. The number of para-hydroxylation sites is 1. The standard InChI is InChI=1S/C22H25NO2/c1-5-16-8-7-9-17(6-2)21(16)23-20(24)12-18-13-25-22-15(4)14(3)10-11-19(18)22/h7-11,13H,5-6,12H2,1-4H3,(H,23,24). The Balaban J connectivity index is 1.86. The maximum atomic E-state index is 12.7. The summed E-state index contributed by atoms with van der Waals surface area (Å²) < 4.78 is 5.72. The van der Waals surface area contributed by atoms with Gasteiger partial charge in [-0.3, -0.25) is 4.79 Å². The lowest BCUT2D eigenvalue weighted by atomic mass is 10.0. The molecule has 130 valence electrons. The smallest absolute Gasteiger partial charge is 0.228 e. The Morgan fingerprint density at radius 1 is 1.00 bits per heavy atom. The summed E-state index contributed by atoms with van der Waals surface area (Å²) in [5.41, 5.74) is 7.47. The molecule has 0 saturated carbocycles. The van der Waals surface area contributed by atoms with E-state index < -0.39 is 0 Å². The summed E-state index contributed by atoms with van der Waals surface area (Å²) in [5.74, 6) is -0.00321. The molecular weight excluding hydrogens is 310 g/mol. The summed E-state index contributed by atoms with van der Waals surface area (Å²) in [7, 11) is 0. The molecule has 0 unspecified atom stereocenters. The molecule has 1 aromatic heterocycles. The fourth-order valence-corrected chi connectivity index (χ4v) is 3.28. The van der Waals surface area contributed by atoms with E-state index in [9.17, 15) is 4.79 Å². The van der Waals surface area contributed by atoms with Gasteiger partial charge in [0, 0.05) is 16.6 Å². The molecule has 2 aromatic carbocycles. The number of carbonyl (C=O) groups is 1. The molecule has 0 aliphatic heterocycles. The number of fused-ring (bicyclic) bond motifs is 1. The number of nitrogens with one attached hydrogen (secondary N) is 1. The molecule has 0 bridgehead atoms. The Labute approximate surface area is 149 Å². The number of benzene rings is 2. The molecule has 0 saturated heterocycles. The molecule has 0 fully saturated rings. The first-order chi connectivity index (χ1) is 12.0. The Bertz CT molecular complexity index is 899. The van der Waals surface area contributed by atoms with Crippen LogP contribution >= 0.6 is 0 Å². The lowest BCUT2D eigenvalue weighted by molar-refractivity contribution is -0.115. The van der Waals surface area contributed by atoms with Crippen molar-refractivity contribution < 1.29 is 9.21 Å². The number of aryl methyl sites for hydroxylation is 4. The van der Waals surface area contributed by atoms with Crippen molar-refractivity contribution in [3.63, 3.8) is 0 Å². The van der Waals surface area contributed by atoms with Crippen LogP contribution in [0.1, 0.15) is 41.7 Å². The predicted molar refractivity (Wildman–Crippen MR) is 103 cm³/mol. The highest BCUT2D eigenvalue weighted by Gasteiger charge is 2.15. The minimum Gasteiger partial charge on any atom is -0.464 e. The number of hydrogen-bond donors (Lipinski definition) is 1. The van der Waals surface area contributed by atoms with Crippen LogP contribution in [0.4, 0.5) is 5.69 Å². The van der Waals surface area contributed by atoms with Crippen molar-refractivity contribution in [2.45, 2.75) is 47.0 Å². The zero-order valence-electron chi connectivity index (χ0n) is 15.4. The van der Waals surface area contributed by atoms with E-state index in [4.69, 9.17) is 4.42 Å². The largest absolute Gasteiger partial charge is 0.464 e. The van der Waals surface area contributed by atoms with Crippen molar-refractivity contribution in [1.29, 1.82) is 0 Å². The quantitative estimate of drug-likeness (QED) is 0.682. The van der Waals surface area contributed by atoms with Crippen LogP contribution in [-0.4, -0.2) is 5.91 Å². The molecule has 0 radical (unpaired) electrons. The third kappa shape index (κ3) is 3.32. The van der Waals surface area contributed by atoms with Crippen molar-refractivity contribution in [3.05, 3.63) is 64.4 Å². The predicted octanol–water partition coefficient (Wildman–Crippen LogP) is 5.36. The lowest BCUT2D eigenvalue weighted by Gasteiger charge is -2.14. The average Bonchev–Trinajstić information content (AvgIpc) is 3.01. The second-order valence-corrected chi connectivity index (χ2v) is 6.53. The first-order valence-corrected chi connectivity index (χ1v) is 8.92. The van der Waals surface area contributed by atoms with Crippen LogP contribution in [-0.2, 0) is 24.1 Å².